The molecule has 174 valence electrons. The molecule has 1 heterocycles. The molecule has 0 aliphatic heterocycles. The largest absolute Gasteiger partial charge is 0.506 e. The maximum atomic E-state index is 11.1. The maximum Gasteiger partial charge on any atom is 0.271 e. The Bertz CT molecular complexity index is 1160. The van der Waals surface area contributed by atoms with Crippen LogP contribution in [-0.4, -0.2) is 46.2 Å². The van der Waals surface area contributed by atoms with Crippen LogP contribution in [0.5, 0.6) is 5.75 Å². The van der Waals surface area contributed by atoms with Crippen molar-refractivity contribution < 1.29 is 10.0 Å². The van der Waals surface area contributed by atoms with Gasteiger partial charge in [0.1, 0.15) is 11.6 Å². The molecule has 0 saturated heterocycles. The number of aromatic nitrogens is 2. The second-order valence-electron chi connectivity index (χ2n) is 8.55. The second-order valence-corrected chi connectivity index (χ2v) is 9.40. The van der Waals surface area contributed by atoms with Gasteiger partial charge < -0.3 is 20.6 Å². The number of fused-ring (bicyclic) bond motifs is 1. The van der Waals surface area contributed by atoms with Crippen LogP contribution in [0.2, 0.25) is 0 Å². The van der Waals surface area contributed by atoms with E-state index in [-0.39, 0.29) is 23.5 Å². The van der Waals surface area contributed by atoms with E-state index < -0.39 is 4.92 Å². The monoisotopic (exact) mass is 514 g/mol. The first kappa shape index (κ1) is 23.2. The number of nitro benzene ring substituents is 1. The Labute approximate surface area is 200 Å². The number of nitro groups is 1. The third kappa shape index (κ3) is 5.33. The van der Waals surface area contributed by atoms with Crippen molar-refractivity contribution >= 4 is 44.3 Å². The van der Waals surface area contributed by atoms with E-state index in [1.807, 2.05) is 43.3 Å². The lowest BCUT2D eigenvalue weighted by Gasteiger charge is -2.30. The number of halogens is 1. The molecule has 1 aromatic heterocycles. The van der Waals surface area contributed by atoms with Crippen LogP contribution < -0.4 is 15.5 Å². The summed E-state index contributed by atoms with van der Waals surface area (Å²) >= 11 is 3.19. The summed E-state index contributed by atoms with van der Waals surface area (Å²) in [6.45, 7) is 0.370. The molecule has 0 spiro atoms. The molecule has 0 amide bonds. The van der Waals surface area contributed by atoms with Gasteiger partial charge in [-0.25, -0.2) is 4.98 Å². The lowest BCUT2D eigenvalue weighted by molar-refractivity contribution is -0.385. The maximum absolute atomic E-state index is 11.1. The van der Waals surface area contributed by atoms with Crippen LogP contribution in [0.25, 0.3) is 10.9 Å². The molecule has 0 atom stereocenters. The van der Waals surface area contributed by atoms with Crippen LogP contribution in [0.3, 0.4) is 0 Å². The standard InChI is InChI=1S/C23H27BrN6O3/c1-29(2)22-18-5-3-4-6-20(18)27-23(28-22)26-16-9-7-15(8-10-16)25-13-14-11-17(30(32)33)12-19(24)21(14)31/h3-6,11-12,15-16,25,31H,7-10,13H2,1-2H3,(H,26,27,28)/t15-,16+. The fourth-order valence-corrected chi connectivity index (χ4v) is 4.71. The minimum absolute atomic E-state index is 0.0357. The highest BCUT2D eigenvalue weighted by atomic mass is 79.9. The molecule has 3 aromatic rings. The van der Waals surface area contributed by atoms with E-state index in [9.17, 15) is 15.2 Å². The summed E-state index contributed by atoms with van der Waals surface area (Å²) in [5, 5.41) is 29.3. The molecule has 1 saturated carbocycles. The number of hydrogen-bond acceptors (Lipinski definition) is 8. The average molecular weight is 515 g/mol. The van der Waals surface area contributed by atoms with Crippen molar-refractivity contribution in [2.45, 2.75) is 44.3 Å². The Morgan fingerprint density at radius 2 is 1.85 bits per heavy atom. The summed E-state index contributed by atoms with van der Waals surface area (Å²) in [5.41, 5.74) is 1.38. The zero-order chi connectivity index (χ0) is 23.5. The van der Waals surface area contributed by atoms with Gasteiger partial charge in [-0.2, -0.15) is 4.98 Å². The van der Waals surface area contributed by atoms with Crippen LogP contribution in [0, 0.1) is 10.1 Å². The molecule has 9 nitrogen and oxygen atoms in total. The fourth-order valence-electron chi connectivity index (χ4n) is 4.22. The normalized spacial score (nSPS) is 18.3. The molecule has 2 aromatic carbocycles. The molecule has 0 bridgehead atoms. The number of anilines is 2. The minimum Gasteiger partial charge on any atom is -0.506 e. The van der Waals surface area contributed by atoms with Crippen LogP contribution in [0.1, 0.15) is 31.2 Å². The molecule has 1 aliphatic carbocycles. The topological polar surface area (TPSA) is 116 Å². The first-order valence-corrected chi connectivity index (χ1v) is 11.7. The van der Waals surface area contributed by atoms with E-state index in [0.29, 0.717) is 22.5 Å². The van der Waals surface area contributed by atoms with Crippen molar-refractivity contribution in [3.05, 3.63) is 56.5 Å². The number of nitrogens with zero attached hydrogens (tertiary/aromatic N) is 4. The van der Waals surface area contributed by atoms with E-state index >= 15 is 0 Å². The Kier molecular flexibility index (Phi) is 6.94. The molecule has 0 radical (unpaired) electrons. The third-order valence-corrected chi connectivity index (χ3v) is 6.59. The van der Waals surface area contributed by atoms with Crippen molar-refractivity contribution in [1.82, 2.24) is 15.3 Å². The van der Waals surface area contributed by atoms with Gasteiger partial charge in [-0.1, -0.05) is 12.1 Å². The first-order chi connectivity index (χ1) is 15.8. The number of nitrogens with one attached hydrogen (secondary N) is 2. The van der Waals surface area contributed by atoms with Crippen LogP contribution in [0.4, 0.5) is 17.5 Å². The molecule has 10 heteroatoms. The van der Waals surface area contributed by atoms with Gasteiger partial charge in [0.25, 0.3) is 5.69 Å². The van der Waals surface area contributed by atoms with Gasteiger partial charge >= 0.3 is 0 Å². The highest BCUT2D eigenvalue weighted by Crippen LogP contribution is 2.33. The van der Waals surface area contributed by atoms with E-state index in [2.05, 4.69) is 26.6 Å². The van der Waals surface area contributed by atoms with Gasteiger partial charge in [-0.05, 0) is 53.7 Å². The van der Waals surface area contributed by atoms with Gasteiger partial charge in [0.05, 0.1) is 14.9 Å². The number of para-hydroxylation sites is 1. The summed E-state index contributed by atoms with van der Waals surface area (Å²) in [5.74, 6) is 1.56. The molecular weight excluding hydrogens is 488 g/mol. The number of benzene rings is 2. The highest BCUT2D eigenvalue weighted by molar-refractivity contribution is 9.10. The molecule has 33 heavy (non-hydrogen) atoms. The van der Waals surface area contributed by atoms with Crippen molar-refractivity contribution in [3.63, 3.8) is 0 Å². The smallest absolute Gasteiger partial charge is 0.271 e. The Morgan fingerprint density at radius 3 is 2.55 bits per heavy atom. The van der Waals surface area contributed by atoms with E-state index in [1.165, 1.54) is 12.1 Å². The summed E-state index contributed by atoms with van der Waals surface area (Å²) < 4.78 is 0.328. The fraction of sp³-hybridized carbons (Fsp3) is 0.391. The lowest BCUT2D eigenvalue weighted by atomic mass is 9.91. The second kappa shape index (κ2) is 9.88. The molecule has 1 fully saturated rings. The number of rotatable bonds is 7. The molecular formula is C23H27BrN6O3. The lowest BCUT2D eigenvalue weighted by Crippen LogP contribution is -2.37. The Balaban J connectivity index is 1.36. The van der Waals surface area contributed by atoms with Crippen molar-refractivity contribution in [2.75, 3.05) is 24.3 Å². The number of aromatic hydroxyl groups is 1. The predicted molar refractivity (Wildman–Crippen MR) is 133 cm³/mol. The van der Waals surface area contributed by atoms with Gasteiger partial charge in [-0.3, -0.25) is 10.1 Å². The number of phenolic OH excluding ortho intramolecular Hbond substituents is 1. The quantitative estimate of drug-likeness (QED) is 0.309. The summed E-state index contributed by atoms with van der Waals surface area (Å²) in [7, 11) is 3.96. The molecule has 4 rings (SSSR count). The molecule has 3 N–H and O–H groups in total. The van der Waals surface area contributed by atoms with Gasteiger partial charge in [-0.15, -0.1) is 0 Å². The SMILES string of the molecule is CN(C)c1nc(N[C@H]2CC[C@@H](NCc3cc([N+](=O)[O-])cc(Br)c3O)CC2)nc2ccccc12. The van der Waals surface area contributed by atoms with E-state index in [1.54, 1.807) is 0 Å². The Hall–Kier alpha value is -2.98. The van der Waals surface area contributed by atoms with Crippen molar-refractivity contribution in [1.29, 1.82) is 0 Å². The Morgan fingerprint density at radius 1 is 1.15 bits per heavy atom. The number of non-ortho nitro benzene ring substituents is 1. The number of hydrogen-bond donors (Lipinski definition) is 3. The summed E-state index contributed by atoms with van der Waals surface area (Å²) in [6, 6.07) is 11.3. The zero-order valence-electron chi connectivity index (χ0n) is 18.6. The van der Waals surface area contributed by atoms with Crippen LogP contribution in [-0.2, 0) is 6.54 Å². The average Bonchev–Trinajstić information content (AvgIpc) is 2.80. The first-order valence-electron chi connectivity index (χ1n) is 10.9. The van der Waals surface area contributed by atoms with Crippen LogP contribution >= 0.6 is 15.9 Å². The third-order valence-electron chi connectivity index (χ3n) is 5.99. The van der Waals surface area contributed by atoms with E-state index in [0.717, 1.165) is 42.4 Å². The number of phenols is 1. The van der Waals surface area contributed by atoms with Crippen molar-refractivity contribution in [3.8, 4) is 5.75 Å². The van der Waals surface area contributed by atoms with Gasteiger partial charge in [0, 0.05) is 55.8 Å². The van der Waals surface area contributed by atoms with Gasteiger partial charge in [0.15, 0.2) is 0 Å². The molecule has 1 aliphatic rings. The highest BCUT2D eigenvalue weighted by Gasteiger charge is 2.23. The van der Waals surface area contributed by atoms with Crippen LogP contribution in [0.15, 0.2) is 40.9 Å². The summed E-state index contributed by atoms with van der Waals surface area (Å²) in [6.07, 6.45) is 3.80. The van der Waals surface area contributed by atoms with E-state index in [4.69, 9.17) is 9.97 Å². The summed E-state index contributed by atoms with van der Waals surface area (Å²) in [4.78, 5) is 22.1. The van der Waals surface area contributed by atoms with Gasteiger partial charge in [0.2, 0.25) is 5.95 Å². The predicted octanol–water partition coefficient (Wildman–Crippen LogP) is 4.59. The van der Waals surface area contributed by atoms with Crippen molar-refractivity contribution in [2.24, 2.45) is 0 Å². The zero-order valence-corrected chi connectivity index (χ0v) is 20.2. The molecule has 0 unspecified atom stereocenters. The minimum atomic E-state index is -0.457.